The van der Waals surface area contributed by atoms with Gasteiger partial charge in [0.2, 0.25) is 5.52 Å². The molecule has 2 aromatic rings. The van der Waals surface area contributed by atoms with E-state index < -0.39 is 11.7 Å². The molecule has 1 saturated heterocycles. The van der Waals surface area contributed by atoms with Crippen LogP contribution < -0.4 is 9.88 Å². The van der Waals surface area contributed by atoms with E-state index in [4.69, 9.17) is 4.74 Å². The van der Waals surface area contributed by atoms with Crippen LogP contribution in [0.25, 0.3) is 10.9 Å². The minimum absolute atomic E-state index is 0.506. The van der Waals surface area contributed by atoms with Crippen LogP contribution in [0.3, 0.4) is 0 Å². The predicted molar refractivity (Wildman–Crippen MR) is 73.3 cm³/mol. The van der Waals surface area contributed by atoms with Crippen molar-refractivity contribution in [3.05, 3.63) is 35.5 Å². The lowest BCUT2D eigenvalue weighted by atomic mass is 10.1. The summed E-state index contributed by atoms with van der Waals surface area (Å²) in [6.45, 7) is 4.63. The minimum atomic E-state index is -4.33. The third kappa shape index (κ3) is 2.81. The average molecular weight is 297 g/mol. The number of fused-ring (bicyclic) bond motifs is 1. The smallest absolute Gasteiger partial charge is 0.378 e. The maximum atomic E-state index is 12.8. The van der Waals surface area contributed by atoms with E-state index in [1.807, 2.05) is 13.0 Å². The zero-order chi connectivity index (χ0) is 15.0. The topological polar surface area (TPSA) is 26.6 Å². The number of nitrogens with zero attached hydrogens (tertiary/aromatic N) is 1. The number of pyridine rings is 1. The van der Waals surface area contributed by atoms with E-state index in [9.17, 15) is 13.2 Å². The highest BCUT2D eigenvalue weighted by molar-refractivity contribution is 5.90. The largest absolute Gasteiger partial charge is 0.416 e. The molecule has 0 unspecified atom stereocenters. The SMILES string of the molecule is Cc1cc(N2CCOCC2)c2ccc(C(F)(F)F)cc2[nH+]1. The number of aromatic amines is 1. The van der Waals surface area contributed by atoms with Crippen LogP contribution >= 0.6 is 0 Å². The Kier molecular flexibility index (Phi) is 3.49. The predicted octanol–water partition coefficient (Wildman–Crippen LogP) is 2.82. The van der Waals surface area contributed by atoms with Crippen molar-refractivity contribution < 1.29 is 22.9 Å². The lowest BCUT2D eigenvalue weighted by molar-refractivity contribution is -0.354. The van der Waals surface area contributed by atoms with Gasteiger partial charge in [0, 0.05) is 32.1 Å². The Balaban J connectivity index is 2.12. The molecule has 2 heterocycles. The molecule has 3 nitrogen and oxygen atoms in total. The van der Waals surface area contributed by atoms with E-state index in [0.29, 0.717) is 18.7 Å². The summed E-state index contributed by atoms with van der Waals surface area (Å²) in [4.78, 5) is 5.18. The van der Waals surface area contributed by atoms with Crippen LogP contribution in [0.5, 0.6) is 0 Å². The molecule has 112 valence electrons. The van der Waals surface area contributed by atoms with Crippen LogP contribution in [0.1, 0.15) is 11.3 Å². The standard InChI is InChI=1S/C15H15F3N2O/c1-10-8-14(20-4-6-21-7-5-20)12-3-2-11(15(16,17)18)9-13(12)19-10/h2-3,8-9H,4-7H2,1H3/p+1. The number of H-pyrrole nitrogens is 1. The average Bonchev–Trinajstić information content (AvgIpc) is 2.45. The number of aromatic nitrogens is 1. The second-order valence-corrected chi connectivity index (χ2v) is 5.20. The first kappa shape index (κ1) is 14.1. The Hall–Kier alpha value is -1.82. The monoisotopic (exact) mass is 297 g/mol. The minimum Gasteiger partial charge on any atom is -0.378 e. The molecule has 0 bridgehead atoms. The third-order valence-electron chi connectivity index (χ3n) is 3.66. The quantitative estimate of drug-likeness (QED) is 0.809. The highest BCUT2D eigenvalue weighted by atomic mass is 19.4. The van der Waals surface area contributed by atoms with Gasteiger partial charge in [-0.3, -0.25) is 0 Å². The van der Waals surface area contributed by atoms with E-state index in [-0.39, 0.29) is 0 Å². The Morgan fingerprint density at radius 2 is 1.86 bits per heavy atom. The van der Waals surface area contributed by atoms with Gasteiger partial charge in [-0.05, 0) is 12.1 Å². The van der Waals surface area contributed by atoms with Crippen molar-refractivity contribution in [3.63, 3.8) is 0 Å². The number of anilines is 1. The Morgan fingerprint density at radius 3 is 2.52 bits per heavy atom. The van der Waals surface area contributed by atoms with E-state index in [1.54, 1.807) is 6.07 Å². The highest BCUT2D eigenvalue weighted by Crippen LogP contribution is 2.33. The second kappa shape index (κ2) is 5.18. The molecule has 0 spiro atoms. The molecule has 21 heavy (non-hydrogen) atoms. The Labute approximate surface area is 120 Å². The van der Waals surface area contributed by atoms with Crippen LogP contribution in [-0.4, -0.2) is 26.3 Å². The van der Waals surface area contributed by atoms with Crippen LogP contribution in [0, 0.1) is 6.92 Å². The molecular weight excluding hydrogens is 281 g/mol. The number of rotatable bonds is 1. The summed E-state index contributed by atoms with van der Waals surface area (Å²) in [7, 11) is 0. The molecule has 1 N–H and O–H groups in total. The number of morpholine rings is 1. The van der Waals surface area contributed by atoms with Crippen LogP contribution in [0.15, 0.2) is 24.3 Å². The fourth-order valence-electron chi connectivity index (χ4n) is 2.64. The molecule has 1 aromatic carbocycles. The van der Waals surface area contributed by atoms with Crippen molar-refractivity contribution in [2.75, 3.05) is 31.2 Å². The lowest BCUT2D eigenvalue weighted by Gasteiger charge is -2.29. The van der Waals surface area contributed by atoms with Crippen molar-refractivity contribution in [3.8, 4) is 0 Å². The van der Waals surface area contributed by atoms with E-state index in [2.05, 4.69) is 9.88 Å². The van der Waals surface area contributed by atoms with Gasteiger partial charge in [0.1, 0.15) is 0 Å². The van der Waals surface area contributed by atoms with Crippen molar-refractivity contribution in [1.29, 1.82) is 0 Å². The normalized spacial score (nSPS) is 16.5. The van der Waals surface area contributed by atoms with Gasteiger partial charge in [0.05, 0.1) is 29.9 Å². The molecule has 0 atom stereocenters. The molecule has 0 aliphatic carbocycles. The Morgan fingerprint density at radius 1 is 1.14 bits per heavy atom. The summed E-state index contributed by atoms with van der Waals surface area (Å²) < 4.78 is 43.8. The van der Waals surface area contributed by atoms with Gasteiger partial charge in [-0.15, -0.1) is 0 Å². The maximum Gasteiger partial charge on any atom is 0.416 e. The molecular formula is C15H16F3N2O+. The second-order valence-electron chi connectivity index (χ2n) is 5.20. The van der Waals surface area contributed by atoms with Gasteiger partial charge >= 0.3 is 6.18 Å². The van der Waals surface area contributed by atoms with Crippen LogP contribution in [0.2, 0.25) is 0 Å². The Bertz CT molecular complexity index is 664. The molecule has 1 fully saturated rings. The molecule has 6 heteroatoms. The fraction of sp³-hybridized carbons (Fsp3) is 0.400. The molecule has 1 aliphatic heterocycles. The molecule has 0 amide bonds. The number of benzene rings is 1. The van der Waals surface area contributed by atoms with Crippen molar-refractivity contribution in [2.45, 2.75) is 13.1 Å². The van der Waals surface area contributed by atoms with Gasteiger partial charge in [0.15, 0.2) is 5.69 Å². The molecule has 3 rings (SSSR count). The maximum absolute atomic E-state index is 12.8. The summed E-state index contributed by atoms with van der Waals surface area (Å²) in [5, 5.41) is 0.801. The zero-order valence-corrected chi connectivity index (χ0v) is 11.6. The molecule has 0 saturated carbocycles. The van der Waals surface area contributed by atoms with Gasteiger partial charge in [0.25, 0.3) is 0 Å². The van der Waals surface area contributed by atoms with Crippen LogP contribution in [-0.2, 0) is 10.9 Å². The van der Waals surface area contributed by atoms with E-state index >= 15 is 0 Å². The number of ether oxygens (including phenoxy) is 1. The summed E-state index contributed by atoms with van der Waals surface area (Å²) in [6.07, 6.45) is -4.33. The zero-order valence-electron chi connectivity index (χ0n) is 11.6. The third-order valence-corrected chi connectivity index (χ3v) is 3.66. The van der Waals surface area contributed by atoms with Gasteiger partial charge < -0.3 is 9.64 Å². The van der Waals surface area contributed by atoms with Gasteiger partial charge in [-0.25, -0.2) is 4.98 Å². The number of nitrogens with one attached hydrogen (secondary N) is 1. The van der Waals surface area contributed by atoms with E-state index in [1.165, 1.54) is 6.07 Å². The van der Waals surface area contributed by atoms with Crippen LogP contribution in [0.4, 0.5) is 18.9 Å². The highest BCUT2D eigenvalue weighted by Gasteiger charge is 2.31. The number of hydrogen-bond acceptors (Lipinski definition) is 2. The number of aryl methyl sites for hydroxylation is 1. The van der Waals surface area contributed by atoms with Crippen molar-refractivity contribution in [1.82, 2.24) is 0 Å². The summed E-state index contributed by atoms with van der Waals surface area (Å²) >= 11 is 0. The molecule has 1 aliphatic rings. The number of halogens is 3. The molecule has 1 aromatic heterocycles. The lowest BCUT2D eigenvalue weighted by Crippen LogP contribution is -2.36. The first-order valence-corrected chi connectivity index (χ1v) is 6.82. The van der Waals surface area contributed by atoms with Crippen molar-refractivity contribution >= 4 is 16.6 Å². The van der Waals surface area contributed by atoms with Crippen molar-refractivity contribution in [2.24, 2.45) is 0 Å². The first-order chi connectivity index (χ1) is 9.95. The van der Waals surface area contributed by atoms with Gasteiger partial charge in [-0.2, -0.15) is 13.2 Å². The summed E-state index contributed by atoms with van der Waals surface area (Å²) in [6, 6.07) is 5.82. The summed E-state index contributed by atoms with van der Waals surface area (Å²) in [5.41, 5.74) is 1.66. The fourth-order valence-corrected chi connectivity index (χ4v) is 2.64. The van der Waals surface area contributed by atoms with E-state index in [0.717, 1.165) is 35.9 Å². The molecule has 0 radical (unpaired) electrons. The van der Waals surface area contributed by atoms with Gasteiger partial charge in [-0.1, -0.05) is 0 Å². The first-order valence-electron chi connectivity index (χ1n) is 6.82. The summed E-state index contributed by atoms with van der Waals surface area (Å²) in [5.74, 6) is 0. The number of hydrogen-bond donors (Lipinski definition) is 0. The number of alkyl halides is 3.